The van der Waals surface area contributed by atoms with Crippen LogP contribution in [0.4, 0.5) is 10.2 Å². The molecule has 0 aliphatic carbocycles. The highest BCUT2D eigenvalue weighted by molar-refractivity contribution is 5.99. The van der Waals surface area contributed by atoms with Crippen molar-refractivity contribution >= 4 is 11.7 Å². The molecule has 3 aromatic rings. The van der Waals surface area contributed by atoms with Crippen LogP contribution in [0.1, 0.15) is 47.2 Å². The zero-order valence-electron chi connectivity index (χ0n) is 19.7. The quantitative estimate of drug-likeness (QED) is 0.444. The smallest absolute Gasteiger partial charge is 0.255 e. The molecule has 1 atom stereocenters. The SMILES string of the molecule is N#Cc1ccccc1-c1ccc(C(=O)NCC2CCCCCN2)c(NCCc2cccc(F)c2)n1. The number of nitriles is 1. The Hall–Kier alpha value is -3.76. The van der Waals surface area contributed by atoms with Crippen LogP contribution in [0, 0.1) is 17.1 Å². The predicted octanol–water partition coefficient (Wildman–Crippen LogP) is 4.68. The topological polar surface area (TPSA) is 89.8 Å². The van der Waals surface area contributed by atoms with E-state index in [0.717, 1.165) is 24.9 Å². The third kappa shape index (κ3) is 6.65. The number of amides is 1. The summed E-state index contributed by atoms with van der Waals surface area (Å²) in [6, 6.07) is 19.7. The van der Waals surface area contributed by atoms with Crippen molar-refractivity contribution in [3.05, 3.63) is 83.2 Å². The van der Waals surface area contributed by atoms with Gasteiger partial charge in [-0.15, -0.1) is 0 Å². The number of carbonyl (C=O) groups is 1. The van der Waals surface area contributed by atoms with Crippen LogP contribution in [0.2, 0.25) is 0 Å². The van der Waals surface area contributed by atoms with Gasteiger partial charge in [-0.25, -0.2) is 9.37 Å². The van der Waals surface area contributed by atoms with Crippen LogP contribution in [-0.2, 0) is 6.42 Å². The number of aromatic nitrogens is 1. The first kappa shape index (κ1) is 24.4. The van der Waals surface area contributed by atoms with E-state index in [-0.39, 0.29) is 17.8 Å². The summed E-state index contributed by atoms with van der Waals surface area (Å²) in [6.45, 7) is 2.01. The average molecular weight is 472 g/mol. The number of nitrogens with one attached hydrogen (secondary N) is 3. The maximum Gasteiger partial charge on any atom is 0.255 e. The van der Waals surface area contributed by atoms with Crippen molar-refractivity contribution in [3.8, 4) is 17.3 Å². The number of nitrogens with zero attached hydrogens (tertiary/aromatic N) is 2. The summed E-state index contributed by atoms with van der Waals surface area (Å²) in [6.07, 6.45) is 5.16. The molecule has 1 aliphatic heterocycles. The van der Waals surface area contributed by atoms with Crippen molar-refractivity contribution in [2.75, 3.05) is 25.0 Å². The second-order valence-corrected chi connectivity index (χ2v) is 8.77. The molecule has 35 heavy (non-hydrogen) atoms. The lowest BCUT2D eigenvalue weighted by Crippen LogP contribution is -2.40. The van der Waals surface area contributed by atoms with E-state index in [1.165, 1.54) is 25.0 Å². The van der Waals surface area contributed by atoms with Gasteiger partial charge >= 0.3 is 0 Å². The Morgan fingerprint density at radius 1 is 1.11 bits per heavy atom. The van der Waals surface area contributed by atoms with Crippen LogP contribution in [0.5, 0.6) is 0 Å². The molecule has 7 heteroatoms. The first-order valence-corrected chi connectivity index (χ1v) is 12.1. The first-order chi connectivity index (χ1) is 17.1. The number of carbonyl (C=O) groups excluding carboxylic acids is 1. The van der Waals surface area contributed by atoms with Gasteiger partial charge in [-0.3, -0.25) is 4.79 Å². The molecule has 2 heterocycles. The second kappa shape index (κ2) is 12.1. The molecule has 3 N–H and O–H groups in total. The molecule has 1 unspecified atom stereocenters. The highest BCUT2D eigenvalue weighted by atomic mass is 19.1. The maximum atomic E-state index is 13.5. The fourth-order valence-electron chi connectivity index (χ4n) is 4.33. The monoisotopic (exact) mass is 471 g/mol. The summed E-state index contributed by atoms with van der Waals surface area (Å²) in [5.41, 5.74) is 3.13. The van der Waals surface area contributed by atoms with Crippen molar-refractivity contribution < 1.29 is 9.18 Å². The lowest BCUT2D eigenvalue weighted by atomic mass is 10.0. The van der Waals surface area contributed by atoms with Gasteiger partial charge in [0.05, 0.1) is 22.9 Å². The third-order valence-electron chi connectivity index (χ3n) is 6.23. The average Bonchev–Trinajstić information content (AvgIpc) is 3.16. The van der Waals surface area contributed by atoms with Gasteiger partial charge in [0.2, 0.25) is 0 Å². The van der Waals surface area contributed by atoms with Crippen molar-refractivity contribution in [1.82, 2.24) is 15.6 Å². The molecule has 0 saturated carbocycles. The fourth-order valence-corrected chi connectivity index (χ4v) is 4.33. The molecule has 4 rings (SSSR count). The lowest BCUT2D eigenvalue weighted by molar-refractivity contribution is 0.0949. The van der Waals surface area contributed by atoms with E-state index < -0.39 is 0 Å². The molecule has 0 radical (unpaired) electrons. The number of pyridine rings is 1. The number of halogens is 1. The second-order valence-electron chi connectivity index (χ2n) is 8.77. The fraction of sp³-hybridized carbons (Fsp3) is 0.321. The Bertz CT molecular complexity index is 1200. The summed E-state index contributed by atoms with van der Waals surface area (Å²) in [7, 11) is 0. The van der Waals surface area contributed by atoms with Crippen molar-refractivity contribution in [2.24, 2.45) is 0 Å². The summed E-state index contributed by atoms with van der Waals surface area (Å²) in [5, 5.41) is 19.3. The Morgan fingerprint density at radius 2 is 2.00 bits per heavy atom. The predicted molar refractivity (Wildman–Crippen MR) is 136 cm³/mol. The maximum absolute atomic E-state index is 13.5. The number of hydrogen-bond donors (Lipinski definition) is 3. The summed E-state index contributed by atoms with van der Waals surface area (Å²) < 4.78 is 13.5. The van der Waals surface area contributed by atoms with Gasteiger partial charge in [-0.1, -0.05) is 43.2 Å². The van der Waals surface area contributed by atoms with Crippen LogP contribution in [0.15, 0.2) is 60.7 Å². The highest BCUT2D eigenvalue weighted by Gasteiger charge is 2.18. The highest BCUT2D eigenvalue weighted by Crippen LogP contribution is 2.25. The van der Waals surface area contributed by atoms with E-state index >= 15 is 0 Å². The number of anilines is 1. The van der Waals surface area contributed by atoms with E-state index in [4.69, 9.17) is 4.98 Å². The van der Waals surface area contributed by atoms with Gasteiger partial charge in [0.25, 0.3) is 5.91 Å². The van der Waals surface area contributed by atoms with Gasteiger partial charge in [0.1, 0.15) is 11.6 Å². The first-order valence-electron chi connectivity index (χ1n) is 12.1. The molecule has 1 aliphatic rings. The van der Waals surface area contributed by atoms with Crippen molar-refractivity contribution in [2.45, 2.75) is 38.1 Å². The standard InChI is InChI=1S/C28H30FN5O/c29-22-9-6-7-20(17-22)14-16-32-27-25(28(35)33-19-23-10-2-1-5-15-31-23)12-13-26(34-27)24-11-4-3-8-21(24)18-30/h3-4,6-9,11-13,17,23,31H,1-2,5,10,14-16,19H2,(H,32,34)(H,33,35). The van der Waals surface area contributed by atoms with Crippen LogP contribution in [-0.4, -0.2) is 36.6 Å². The zero-order chi connectivity index (χ0) is 24.5. The van der Waals surface area contributed by atoms with Crippen LogP contribution < -0.4 is 16.0 Å². The lowest BCUT2D eigenvalue weighted by Gasteiger charge is -2.18. The molecular weight excluding hydrogens is 441 g/mol. The molecule has 0 bridgehead atoms. The normalized spacial score (nSPS) is 15.6. The minimum absolute atomic E-state index is 0.197. The molecule has 1 amide bonds. The molecule has 0 spiro atoms. The van der Waals surface area contributed by atoms with Crippen molar-refractivity contribution in [3.63, 3.8) is 0 Å². The Balaban J connectivity index is 1.54. The molecule has 1 saturated heterocycles. The van der Waals surface area contributed by atoms with Crippen LogP contribution in [0.25, 0.3) is 11.3 Å². The largest absolute Gasteiger partial charge is 0.369 e. The molecule has 1 aromatic heterocycles. The van der Waals surface area contributed by atoms with Crippen LogP contribution >= 0.6 is 0 Å². The van der Waals surface area contributed by atoms with Gasteiger partial charge in [-0.05, 0) is 61.7 Å². The Kier molecular flexibility index (Phi) is 8.42. The minimum Gasteiger partial charge on any atom is -0.369 e. The van der Waals surface area contributed by atoms with Crippen LogP contribution in [0.3, 0.4) is 0 Å². The Labute approximate surface area is 205 Å². The molecule has 2 aromatic carbocycles. The minimum atomic E-state index is -0.275. The number of benzene rings is 2. The van der Waals surface area contributed by atoms with E-state index in [0.29, 0.717) is 47.7 Å². The van der Waals surface area contributed by atoms with Crippen molar-refractivity contribution in [1.29, 1.82) is 5.26 Å². The van der Waals surface area contributed by atoms with Gasteiger partial charge in [-0.2, -0.15) is 5.26 Å². The van der Waals surface area contributed by atoms with E-state index in [1.807, 2.05) is 24.3 Å². The zero-order valence-corrected chi connectivity index (χ0v) is 19.7. The molecule has 180 valence electrons. The van der Waals surface area contributed by atoms with E-state index in [9.17, 15) is 14.4 Å². The third-order valence-corrected chi connectivity index (χ3v) is 6.23. The molecule has 1 fully saturated rings. The summed E-state index contributed by atoms with van der Waals surface area (Å²) in [5.74, 6) is -0.0298. The van der Waals surface area contributed by atoms with Gasteiger partial charge in [0.15, 0.2) is 0 Å². The Morgan fingerprint density at radius 3 is 2.86 bits per heavy atom. The van der Waals surface area contributed by atoms with E-state index in [2.05, 4.69) is 22.0 Å². The number of hydrogen-bond acceptors (Lipinski definition) is 5. The van der Waals surface area contributed by atoms with Gasteiger partial charge < -0.3 is 16.0 Å². The van der Waals surface area contributed by atoms with E-state index in [1.54, 1.807) is 24.3 Å². The molecular formula is C28H30FN5O. The summed E-state index contributed by atoms with van der Waals surface area (Å²) in [4.78, 5) is 17.8. The molecule has 6 nitrogen and oxygen atoms in total. The van der Waals surface area contributed by atoms with Gasteiger partial charge in [0, 0.05) is 24.7 Å². The summed E-state index contributed by atoms with van der Waals surface area (Å²) >= 11 is 0. The number of rotatable bonds is 8.